The van der Waals surface area contributed by atoms with Crippen molar-refractivity contribution in [2.45, 2.75) is 31.1 Å². The number of anilines is 2. The summed E-state index contributed by atoms with van der Waals surface area (Å²) < 4.78 is 28.3. The van der Waals surface area contributed by atoms with Gasteiger partial charge in [-0.3, -0.25) is 9.52 Å². The number of carboxylic acids is 1. The molecule has 3 aromatic carbocycles. The van der Waals surface area contributed by atoms with Crippen molar-refractivity contribution >= 4 is 33.3 Å². The molecule has 0 unspecified atom stereocenters. The number of hydrogen-bond acceptors (Lipinski definition) is 4. The van der Waals surface area contributed by atoms with Crippen LogP contribution < -0.4 is 10.0 Å². The third-order valence-electron chi connectivity index (χ3n) is 4.86. The summed E-state index contributed by atoms with van der Waals surface area (Å²) in [4.78, 5) is 22.2. The average molecular weight is 453 g/mol. The minimum absolute atomic E-state index is 0.0972. The number of benzene rings is 3. The largest absolute Gasteiger partial charge is 0.478 e. The van der Waals surface area contributed by atoms with E-state index in [0.29, 0.717) is 17.8 Å². The molecule has 0 heterocycles. The van der Waals surface area contributed by atoms with E-state index in [-0.39, 0.29) is 16.4 Å². The molecule has 1 amide bonds. The van der Waals surface area contributed by atoms with Crippen LogP contribution in [0, 0.1) is 0 Å². The maximum atomic E-state index is 12.8. The lowest BCUT2D eigenvalue weighted by Gasteiger charge is -2.13. The summed E-state index contributed by atoms with van der Waals surface area (Å²) in [5.41, 5.74) is 3.17. The van der Waals surface area contributed by atoms with E-state index in [0.717, 1.165) is 24.0 Å². The van der Waals surface area contributed by atoms with Crippen molar-refractivity contribution in [2.24, 2.45) is 0 Å². The van der Waals surface area contributed by atoms with E-state index in [1.165, 1.54) is 31.2 Å². The highest BCUT2D eigenvalue weighted by atomic mass is 32.2. The van der Waals surface area contributed by atoms with Gasteiger partial charge in [-0.25, -0.2) is 13.2 Å². The van der Waals surface area contributed by atoms with E-state index >= 15 is 0 Å². The molecular formula is C24H24N2O5S. The molecule has 3 rings (SSSR count). The Balaban J connectivity index is 1.66. The maximum absolute atomic E-state index is 12.8. The van der Waals surface area contributed by atoms with Crippen LogP contribution in [0.3, 0.4) is 0 Å². The second-order valence-corrected chi connectivity index (χ2v) is 9.01. The number of carboxylic acid groups (broad SMARTS) is 1. The Labute approximate surface area is 187 Å². The van der Waals surface area contributed by atoms with E-state index in [1.807, 2.05) is 12.1 Å². The molecule has 3 N–H and O–H groups in total. The van der Waals surface area contributed by atoms with Crippen molar-refractivity contribution in [3.05, 3.63) is 89.5 Å². The highest BCUT2D eigenvalue weighted by molar-refractivity contribution is 7.92. The van der Waals surface area contributed by atoms with Gasteiger partial charge in [0.25, 0.3) is 10.0 Å². The van der Waals surface area contributed by atoms with Crippen molar-refractivity contribution in [1.29, 1.82) is 0 Å². The summed E-state index contributed by atoms with van der Waals surface area (Å²) in [6.07, 6.45) is 2.17. The molecule has 8 heteroatoms. The van der Waals surface area contributed by atoms with Crippen molar-refractivity contribution < 1.29 is 23.1 Å². The molecule has 0 aliphatic rings. The standard InChI is InChI=1S/C24H24N2O5S/c1-17(27)25-21-13-15-22(16-14-21)32(30,31)26-23-8-3-2-6-19(23)7-4-5-18-9-11-20(12-10-18)24(28)29/h2-3,6,8-16,26H,4-5,7H2,1H3,(H,25,27)(H,28,29). The molecule has 0 aliphatic heterocycles. The van der Waals surface area contributed by atoms with E-state index in [9.17, 15) is 18.0 Å². The van der Waals surface area contributed by atoms with Gasteiger partial charge in [0.1, 0.15) is 0 Å². The van der Waals surface area contributed by atoms with Crippen LogP contribution in [-0.2, 0) is 27.7 Å². The van der Waals surface area contributed by atoms with Crippen LogP contribution in [0.1, 0.15) is 34.8 Å². The lowest BCUT2D eigenvalue weighted by molar-refractivity contribution is -0.114. The molecule has 0 spiro atoms. The fourth-order valence-corrected chi connectivity index (χ4v) is 4.36. The van der Waals surface area contributed by atoms with Crippen molar-refractivity contribution in [3.63, 3.8) is 0 Å². The first kappa shape index (κ1) is 23.0. The first-order valence-corrected chi connectivity index (χ1v) is 11.5. The topological polar surface area (TPSA) is 113 Å². The molecule has 3 aromatic rings. The van der Waals surface area contributed by atoms with Gasteiger partial charge < -0.3 is 10.4 Å². The van der Waals surface area contributed by atoms with Crippen molar-refractivity contribution in [2.75, 3.05) is 10.0 Å². The van der Waals surface area contributed by atoms with Gasteiger partial charge >= 0.3 is 5.97 Å². The predicted molar refractivity (Wildman–Crippen MR) is 123 cm³/mol. The highest BCUT2D eigenvalue weighted by Gasteiger charge is 2.16. The first-order valence-electron chi connectivity index (χ1n) is 10.1. The number of hydrogen-bond donors (Lipinski definition) is 3. The molecule has 0 radical (unpaired) electrons. The lowest BCUT2D eigenvalue weighted by atomic mass is 10.0. The molecule has 0 saturated heterocycles. The zero-order valence-electron chi connectivity index (χ0n) is 17.5. The Hall–Kier alpha value is -3.65. The Morgan fingerprint density at radius 3 is 2.16 bits per heavy atom. The van der Waals surface area contributed by atoms with Crippen molar-refractivity contribution in [1.82, 2.24) is 0 Å². The van der Waals surface area contributed by atoms with Gasteiger partial charge in [0.15, 0.2) is 0 Å². The van der Waals surface area contributed by atoms with Gasteiger partial charge in [-0.15, -0.1) is 0 Å². The number of carbonyl (C=O) groups is 2. The second kappa shape index (κ2) is 10.1. The quantitative estimate of drug-likeness (QED) is 0.448. The van der Waals surface area contributed by atoms with Crippen LogP contribution in [0.25, 0.3) is 0 Å². The summed E-state index contributed by atoms with van der Waals surface area (Å²) in [7, 11) is -3.79. The smallest absolute Gasteiger partial charge is 0.335 e. The minimum Gasteiger partial charge on any atom is -0.478 e. The molecule has 32 heavy (non-hydrogen) atoms. The first-order chi connectivity index (χ1) is 15.2. The van der Waals surface area contributed by atoms with Gasteiger partial charge in [-0.05, 0) is 72.9 Å². The second-order valence-electron chi connectivity index (χ2n) is 7.32. The van der Waals surface area contributed by atoms with Crippen LogP contribution in [0.2, 0.25) is 0 Å². The van der Waals surface area contributed by atoms with E-state index in [2.05, 4.69) is 10.0 Å². The maximum Gasteiger partial charge on any atom is 0.335 e. The molecule has 166 valence electrons. The van der Waals surface area contributed by atoms with E-state index < -0.39 is 16.0 Å². The minimum atomic E-state index is -3.79. The van der Waals surface area contributed by atoms with Gasteiger partial charge in [-0.1, -0.05) is 30.3 Å². The number of carbonyl (C=O) groups excluding carboxylic acids is 1. The van der Waals surface area contributed by atoms with Gasteiger partial charge in [0, 0.05) is 12.6 Å². The Morgan fingerprint density at radius 1 is 0.875 bits per heavy atom. The number of aryl methyl sites for hydroxylation is 2. The third kappa shape index (κ3) is 6.18. The Bertz CT molecular complexity index is 1200. The molecule has 0 saturated carbocycles. The molecule has 0 bridgehead atoms. The summed E-state index contributed by atoms with van der Waals surface area (Å²) in [6, 6.07) is 19.9. The fraction of sp³-hybridized carbons (Fsp3) is 0.167. The zero-order valence-corrected chi connectivity index (χ0v) is 18.4. The molecule has 0 atom stereocenters. The van der Waals surface area contributed by atoms with Gasteiger partial charge in [-0.2, -0.15) is 0 Å². The number of amides is 1. The average Bonchev–Trinajstić information content (AvgIpc) is 2.75. The van der Waals surface area contributed by atoms with E-state index in [1.54, 1.807) is 36.4 Å². The Morgan fingerprint density at radius 2 is 1.53 bits per heavy atom. The highest BCUT2D eigenvalue weighted by Crippen LogP contribution is 2.23. The van der Waals surface area contributed by atoms with Crippen LogP contribution in [-0.4, -0.2) is 25.4 Å². The SMILES string of the molecule is CC(=O)Nc1ccc(S(=O)(=O)Nc2ccccc2CCCc2ccc(C(=O)O)cc2)cc1. The summed E-state index contributed by atoms with van der Waals surface area (Å²) in [6.45, 7) is 1.38. The monoisotopic (exact) mass is 452 g/mol. The number of sulfonamides is 1. The number of nitrogens with one attached hydrogen (secondary N) is 2. The number of aromatic carboxylic acids is 1. The molecule has 0 aromatic heterocycles. The fourth-order valence-electron chi connectivity index (χ4n) is 3.26. The van der Waals surface area contributed by atoms with Gasteiger partial charge in [0.2, 0.25) is 5.91 Å². The summed E-state index contributed by atoms with van der Waals surface area (Å²) in [5.74, 6) is -1.19. The molecule has 7 nitrogen and oxygen atoms in total. The number of rotatable bonds is 9. The van der Waals surface area contributed by atoms with Gasteiger partial charge in [0.05, 0.1) is 16.1 Å². The van der Waals surface area contributed by atoms with Crippen LogP contribution >= 0.6 is 0 Å². The van der Waals surface area contributed by atoms with Crippen molar-refractivity contribution in [3.8, 4) is 0 Å². The Kier molecular flexibility index (Phi) is 7.27. The third-order valence-corrected chi connectivity index (χ3v) is 6.24. The zero-order chi connectivity index (χ0) is 23.1. The summed E-state index contributed by atoms with van der Waals surface area (Å²) in [5, 5.41) is 11.6. The van der Waals surface area contributed by atoms with Crippen LogP contribution in [0.4, 0.5) is 11.4 Å². The number of para-hydroxylation sites is 1. The van der Waals surface area contributed by atoms with E-state index in [4.69, 9.17) is 5.11 Å². The van der Waals surface area contributed by atoms with Crippen LogP contribution in [0.15, 0.2) is 77.7 Å². The molecule has 0 aliphatic carbocycles. The lowest BCUT2D eigenvalue weighted by Crippen LogP contribution is -2.14. The summed E-state index contributed by atoms with van der Waals surface area (Å²) >= 11 is 0. The normalized spacial score (nSPS) is 11.0. The predicted octanol–water partition coefficient (Wildman–Crippen LogP) is 4.32. The van der Waals surface area contributed by atoms with Crippen LogP contribution in [0.5, 0.6) is 0 Å². The molecular weight excluding hydrogens is 428 g/mol. The molecule has 0 fully saturated rings.